The number of aliphatic carboxylic acids is 1. The van der Waals surface area contributed by atoms with Crippen LogP contribution in [0, 0.1) is 0 Å². The van der Waals surface area contributed by atoms with Crippen LogP contribution in [-0.4, -0.2) is 52.8 Å². The highest BCUT2D eigenvalue weighted by Gasteiger charge is 2.38. The molecule has 16 heavy (non-hydrogen) atoms. The van der Waals surface area contributed by atoms with Crippen LogP contribution in [0.2, 0.25) is 0 Å². The van der Waals surface area contributed by atoms with E-state index in [1.807, 2.05) is 0 Å². The summed E-state index contributed by atoms with van der Waals surface area (Å²) in [6.07, 6.45) is -6.20. The molecule has 0 fully saturated rings. The molecule has 0 heterocycles. The van der Waals surface area contributed by atoms with Crippen molar-refractivity contribution in [2.24, 2.45) is 0 Å². The lowest BCUT2D eigenvalue weighted by atomic mass is 10.7. The summed E-state index contributed by atoms with van der Waals surface area (Å²) in [5.41, 5.74) is 0. The molecule has 8 nitrogen and oxygen atoms in total. The summed E-state index contributed by atoms with van der Waals surface area (Å²) in [5, 5.41) is 21.1. The number of carboxylic acid groups (broad SMARTS) is 3. The Balaban J connectivity index is -0.000000166. The number of alkyl halides is 3. The van der Waals surface area contributed by atoms with Gasteiger partial charge in [0.05, 0.1) is 6.26 Å². The Kier molecular flexibility index (Phi) is 9.59. The number of hydrogen-bond donors (Lipinski definition) is 4. The van der Waals surface area contributed by atoms with E-state index in [4.69, 9.17) is 29.5 Å². The van der Waals surface area contributed by atoms with Gasteiger partial charge in [0, 0.05) is 0 Å². The predicted octanol–water partition coefficient (Wildman–Crippen LogP) is 0.360. The van der Waals surface area contributed by atoms with Crippen molar-refractivity contribution in [2.45, 2.75) is 6.18 Å². The second kappa shape index (κ2) is 7.70. The van der Waals surface area contributed by atoms with Gasteiger partial charge in [0.2, 0.25) is 0 Å². The zero-order chi connectivity index (χ0) is 14.2. The molecule has 4 N–H and O–H groups in total. The maximum absolute atomic E-state index is 10.6. The van der Waals surface area contributed by atoms with E-state index in [1.54, 1.807) is 0 Å². The van der Waals surface area contributed by atoms with Crippen LogP contribution < -0.4 is 0 Å². The minimum absolute atomic E-state index is 0.715. The van der Waals surface area contributed by atoms with Gasteiger partial charge in [0.15, 0.2) is 0 Å². The van der Waals surface area contributed by atoms with Crippen molar-refractivity contribution >= 4 is 22.2 Å². The second-order valence-electron chi connectivity index (χ2n) is 1.82. The highest BCUT2D eigenvalue weighted by Crippen LogP contribution is 2.13. The molecule has 98 valence electrons. The third-order valence-electron chi connectivity index (χ3n) is 0.243. The van der Waals surface area contributed by atoms with Gasteiger partial charge in [-0.2, -0.15) is 21.6 Å². The third-order valence-corrected chi connectivity index (χ3v) is 0.243. The zero-order valence-electron chi connectivity index (χ0n) is 7.46. The standard InChI is InChI=1S/C2HF3O2.CH4O3S.CH2O3/c3-2(4,5)1(6)7;1-5(2,3)4;2-1(3)4/h(H,6,7);1H3,(H,2,3,4);(H2,2,3,4). The summed E-state index contributed by atoms with van der Waals surface area (Å²) in [6.45, 7) is 0. The monoisotopic (exact) mass is 272 g/mol. The van der Waals surface area contributed by atoms with Gasteiger partial charge in [-0.15, -0.1) is 0 Å². The van der Waals surface area contributed by atoms with Crippen LogP contribution in [0.15, 0.2) is 0 Å². The molecule has 0 aromatic rings. The Morgan fingerprint density at radius 2 is 1.12 bits per heavy atom. The van der Waals surface area contributed by atoms with Crippen LogP contribution in [0.4, 0.5) is 18.0 Å². The van der Waals surface area contributed by atoms with Crippen molar-refractivity contribution in [2.75, 3.05) is 6.26 Å². The number of carboxylic acids is 1. The van der Waals surface area contributed by atoms with E-state index in [-0.39, 0.29) is 0 Å². The SMILES string of the molecule is CS(=O)(=O)O.O=C(O)C(F)(F)F.O=C(O)O. The molecule has 12 heteroatoms. The first-order valence-corrected chi connectivity index (χ1v) is 4.67. The molecule has 0 aliphatic heterocycles. The van der Waals surface area contributed by atoms with Crippen LogP contribution in [0.3, 0.4) is 0 Å². The van der Waals surface area contributed by atoms with Crippen LogP contribution in [0.1, 0.15) is 0 Å². The Morgan fingerprint density at radius 1 is 1.06 bits per heavy atom. The lowest BCUT2D eigenvalue weighted by Gasteiger charge is -1.93. The number of hydrogen-bond acceptors (Lipinski definition) is 4. The van der Waals surface area contributed by atoms with Crippen molar-refractivity contribution in [1.29, 1.82) is 0 Å². The summed E-state index contributed by atoms with van der Waals surface area (Å²) in [6, 6.07) is 0. The van der Waals surface area contributed by atoms with Gasteiger partial charge >= 0.3 is 18.3 Å². The fraction of sp³-hybridized carbons (Fsp3) is 0.500. The van der Waals surface area contributed by atoms with Crippen LogP contribution in [0.5, 0.6) is 0 Å². The summed E-state index contributed by atoms with van der Waals surface area (Å²) >= 11 is 0. The molecule has 0 aliphatic carbocycles. The van der Waals surface area contributed by atoms with Crippen LogP contribution in [0.25, 0.3) is 0 Å². The fourth-order valence-corrected chi connectivity index (χ4v) is 0. The van der Waals surface area contributed by atoms with Crippen molar-refractivity contribution in [3.8, 4) is 0 Å². The van der Waals surface area contributed by atoms with Gasteiger partial charge < -0.3 is 15.3 Å². The topological polar surface area (TPSA) is 149 Å². The predicted molar refractivity (Wildman–Crippen MR) is 41.8 cm³/mol. The lowest BCUT2D eigenvalue weighted by Crippen LogP contribution is -2.21. The molecule has 0 unspecified atom stereocenters. The third kappa shape index (κ3) is 82.6. The van der Waals surface area contributed by atoms with Crippen LogP contribution in [-0.2, 0) is 14.9 Å². The van der Waals surface area contributed by atoms with Crippen molar-refractivity contribution < 1.29 is 51.1 Å². The van der Waals surface area contributed by atoms with Gasteiger partial charge in [0.1, 0.15) is 0 Å². The first kappa shape index (κ1) is 19.9. The largest absolute Gasteiger partial charge is 0.503 e. The maximum Gasteiger partial charge on any atom is 0.503 e. The molecule has 0 aliphatic rings. The Labute approximate surface area is 86.7 Å². The average Bonchev–Trinajstić information content (AvgIpc) is 1.77. The van der Waals surface area contributed by atoms with Gasteiger partial charge in [-0.1, -0.05) is 0 Å². The molecular weight excluding hydrogens is 265 g/mol. The van der Waals surface area contributed by atoms with Crippen molar-refractivity contribution in [3.05, 3.63) is 0 Å². The molecule has 0 radical (unpaired) electrons. The van der Waals surface area contributed by atoms with Crippen LogP contribution >= 0.6 is 0 Å². The fourth-order valence-electron chi connectivity index (χ4n) is 0. The molecule has 0 saturated carbocycles. The average molecular weight is 272 g/mol. The van der Waals surface area contributed by atoms with E-state index >= 15 is 0 Å². The molecular formula is C4H7F3O8S. The molecule has 0 aromatic heterocycles. The number of carbonyl (C=O) groups is 2. The number of halogens is 3. The second-order valence-corrected chi connectivity index (χ2v) is 3.28. The Hall–Kier alpha value is -1.56. The molecule has 0 aromatic carbocycles. The highest BCUT2D eigenvalue weighted by atomic mass is 32.2. The minimum Gasteiger partial charge on any atom is -0.475 e. The molecule has 0 atom stereocenters. The molecule has 0 spiro atoms. The van der Waals surface area contributed by atoms with E-state index < -0.39 is 28.4 Å². The van der Waals surface area contributed by atoms with E-state index in [1.165, 1.54) is 0 Å². The summed E-state index contributed by atoms with van der Waals surface area (Å²) in [5.74, 6) is -2.76. The molecule has 0 rings (SSSR count). The summed E-state index contributed by atoms with van der Waals surface area (Å²) < 4.78 is 57.6. The maximum atomic E-state index is 10.6. The molecule has 0 amide bonds. The zero-order valence-corrected chi connectivity index (χ0v) is 8.28. The normalized spacial score (nSPS) is 10.1. The first-order valence-electron chi connectivity index (χ1n) is 2.82. The highest BCUT2D eigenvalue weighted by molar-refractivity contribution is 7.85. The van der Waals surface area contributed by atoms with Gasteiger partial charge in [-0.05, 0) is 0 Å². The van der Waals surface area contributed by atoms with Gasteiger partial charge in [-0.25, -0.2) is 9.59 Å². The van der Waals surface area contributed by atoms with E-state index in [0.717, 1.165) is 0 Å². The lowest BCUT2D eigenvalue weighted by molar-refractivity contribution is -0.192. The summed E-state index contributed by atoms with van der Waals surface area (Å²) in [7, 11) is -3.67. The van der Waals surface area contributed by atoms with Crippen molar-refractivity contribution in [1.82, 2.24) is 0 Å². The number of rotatable bonds is 0. The smallest absolute Gasteiger partial charge is 0.475 e. The minimum atomic E-state index is -5.08. The summed E-state index contributed by atoms with van der Waals surface area (Å²) in [4.78, 5) is 17.5. The Morgan fingerprint density at radius 3 is 1.12 bits per heavy atom. The van der Waals surface area contributed by atoms with Gasteiger partial charge in [0.25, 0.3) is 10.1 Å². The van der Waals surface area contributed by atoms with Gasteiger partial charge in [-0.3, -0.25) is 4.55 Å². The quantitative estimate of drug-likeness (QED) is 0.461. The first-order chi connectivity index (χ1) is 6.68. The van der Waals surface area contributed by atoms with Crippen molar-refractivity contribution in [3.63, 3.8) is 0 Å². The van der Waals surface area contributed by atoms with E-state index in [0.29, 0.717) is 6.26 Å². The van der Waals surface area contributed by atoms with E-state index in [9.17, 15) is 21.6 Å². The molecule has 0 saturated heterocycles. The Bertz CT molecular complexity index is 305. The van der Waals surface area contributed by atoms with E-state index in [2.05, 4.69) is 0 Å². The molecule has 0 bridgehead atoms.